The summed E-state index contributed by atoms with van der Waals surface area (Å²) < 4.78 is 0. The molecule has 0 radical (unpaired) electrons. The minimum atomic E-state index is -0.919. The smallest absolute Gasteiger partial charge is 0.328 e. The highest BCUT2D eigenvalue weighted by molar-refractivity contribution is 5.87. The van der Waals surface area contributed by atoms with Crippen LogP contribution >= 0.6 is 0 Å². The zero-order valence-corrected chi connectivity index (χ0v) is 12.2. The number of carboxylic acids is 1. The van der Waals surface area contributed by atoms with E-state index < -0.39 is 5.97 Å². The van der Waals surface area contributed by atoms with Crippen molar-refractivity contribution in [3.63, 3.8) is 0 Å². The van der Waals surface area contributed by atoms with Gasteiger partial charge in [-0.15, -0.1) is 0 Å². The third-order valence-electron chi connectivity index (χ3n) is 3.04. The Bertz CT molecular complexity index is 464. The van der Waals surface area contributed by atoms with Crippen LogP contribution in [0.5, 0.6) is 0 Å². The summed E-state index contributed by atoms with van der Waals surface area (Å²) in [4.78, 5) is 12.8. The number of carboxylic acid groups (broad SMARTS) is 1. The van der Waals surface area contributed by atoms with E-state index in [0.29, 0.717) is 5.92 Å². The summed E-state index contributed by atoms with van der Waals surface area (Å²) in [6.45, 7) is 7.38. The molecule has 0 atom stereocenters. The first kappa shape index (κ1) is 15.3. The average molecular weight is 261 g/mol. The van der Waals surface area contributed by atoms with Crippen LogP contribution in [-0.2, 0) is 4.79 Å². The van der Waals surface area contributed by atoms with Crippen LogP contribution in [0.4, 0.5) is 5.69 Å². The van der Waals surface area contributed by atoms with Crippen molar-refractivity contribution in [3.8, 4) is 0 Å². The Hall–Kier alpha value is -1.77. The van der Waals surface area contributed by atoms with Gasteiger partial charge in [0.15, 0.2) is 0 Å². The molecule has 0 aliphatic heterocycles. The monoisotopic (exact) mass is 261 g/mol. The van der Waals surface area contributed by atoms with Crippen molar-refractivity contribution in [1.29, 1.82) is 0 Å². The van der Waals surface area contributed by atoms with Crippen molar-refractivity contribution in [1.82, 2.24) is 0 Å². The minimum Gasteiger partial charge on any atom is -0.478 e. The molecule has 0 amide bonds. The van der Waals surface area contributed by atoms with Gasteiger partial charge in [0.1, 0.15) is 0 Å². The molecule has 3 heteroatoms. The lowest BCUT2D eigenvalue weighted by Crippen LogP contribution is -2.20. The van der Waals surface area contributed by atoms with E-state index in [-0.39, 0.29) is 0 Å². The molecule has 0 unspecified atom stereocenters. The summed E-state index contributed by atoms with van der Waals surface area (Å²) >= 11 is 0. The Balaban J connectivity index is 2.95. The molecule has 0 fully saturated rings. The zero-order valence-electron chi connectivity index (χ0n) is 12.2. The molecule has 19 heavy (non-hydrogen) atoms. The van der Waals surface area contributed by atoms with Gasteiger partial charge < -0.3 is 10.0 Å². The molecule has 0 bridgehead atoms. The molecule has 0 heterocycles. The molecule has 0 saturated heterocycles. The molecule has 1 rings (SSSR count). The van der Waals surface area contributed by atoms with Gasteiger partial charge in [-0.25, -0.2) is 4.79 Å². The SMILES string of the molecule is Cc1ccc(N(C)CCC(C)C)c(/C=C/C(=O)O)c1. The summed E-state index contributed by atoms with van der Waals surface area (Å²) in [7, 11) is 2.05. The first-order valence-corrected chi connectivity index (χ1v) is 6.63. The molecule has 0 spiro atoms. The van der Waals surface area contributed by atoms with Gasteiger partial charge in [0.25, 0.3) is 0 Å². The number of hydrogen-bond acceptors (Lipinski definition) is 2. The Morgan fingerprint density at radius 1 is 1.42 bits per heavy atom. The van der Waals surface area contributed by atoms with E-state index in [0.717, 1.165) is 29.8 Å². The maximum atomic E-state index is 10.7. The Morgan fingerprint density at radius 2 is 2.11 bits per heavy atom. The van der Waals surface area contributed by atoms with Gasteiger partial charge in [-0.1, -0.05) is 25.5 Å². The lowest BCUT2D eigenvalue weighted by molar-refractivity contribution is -0.131. The van der Waals surface area contributed by atoms with Gasteiger partial charge in [-0.05, 0) is 43.0 Å². The molecule has 1 N–H and O–H groups in total. The Kier molecular flexibility index (Phi) is 5.61. The molecule has 0 aromatic heterocycles. The summed E-state index contributed by atoms with van der Waals surface area (Å²) in [6.07, 6.45) is 3.97. The average Bonchev–Trinajstić information content (AvgIpc) is 2.33. The van der Waals surface area contributed by atoms with Crippen LogP contribution in [0.15, 0.2) is 24.3 Å². The van der Waals surface area contributed by atoms with Gasteiger partial charge in [0, 0.05) is 25.4 Å². The molecule has 0 saturated carbocycles. The van der Waals surface area contributed by atoms with Crippen LogP contribution in [0.3, 0.4) is 0 Å². The summed E-state index contributed by atoms with van der Waals surface area (Å²) in [6, 6.07) is 6.12. The molecule has 0 aliphatic carbocycles. The van der Waals surface area contributed by atoms with Gasteiger partial charge in [-0.3, -0.25) is 0 Å². The van der Waals surface area contributed by atoms with E-state index >= 15 is 0 Å². The lowest BCUT2D eigenvalue weighted by atomic mass is 10.1. The van der Waals surface area contributed by atoms with Crippen LogP contribution in [0.2, 0.25) is 0 Å². The van der Waals surface area contributed by atoms with E-state index in [4.69, 9.17) is 5.11 Å². The van der Waals surface area contributed by atoms with Crippen LogP contribution in [0, 0.1) is 12.8 Å². The van der Waals surface area contributed by atoms with E-state index in [1.807, 2.05) is 20.0 Å². The third kappa shape index (κ3) is 5.16. The van der Waals surface area contributed by atoms with Gasteiger partial charge in [0.05, 0.1) is 0 Å². The standard InChI is InChI=1S/C16H23NO2/c1-12(2)9-10-17(4)15-7-5-13(3)11-14(15)6-8-16(18)19/h5-8,11-12H,9-10H2,1-4H3,(H,18,19)/b8-6+. The third-order valence-corrected chi connectivity index (χ3v) is 3.04. The molecule has 1 aromatic rings. The maximum Gasteiger partial charge on any atom is 0.328 e. The number of aryl methyl sites for hydroxylation is 1. The summed E-state index contributed by atoms with van der Waals surface area (Å²) in [5.74, 6) is -0.261. The van der Waals surface area contributed by atoms with Crippen molar-refractivity contribution < 1.29 is 9.90 Å². The predicted octanol–water partition coefficient (Wildman–Crippen LogP) is 3.58. The van der Waals surface area contributed by atoms with Crippen LogP contribution < -0.4 is 4.90 Å². The number of carbonyl (C=O) groups is 1. The van der Waals surface area contributed by atoms with Gasteiger partial charge in [-0.2, -0.15) is 0 Å². The number of hydrogen-bond donors (Lipinski definition) is 1. The number of rotatable bonds is 6. The van der Waals surface area contributed by atoms with Gasteiger partial charge in [0.2, 0.25) is 0 Å². The summed E-state index contributed by atoms with van der Waals surface area (Å²) in [5.41, 5.74) is 3.16. The van der Waals surface area contributed by atoms with E-state index in [9.17, 15) is 4.79 Å². The fourth-order valence-electron chi connectivity index (χ4n) is 1.89. The fourth-order valence-corrected chi connectivity index (χ4v) is 1.89. The largest absolute Gasteiger partial charge is 0.478 e. The molecule has 3 nitrogen and oxygen atoms in total. The highest BCUT2D eigenvalue weighted by atomic mass is 16.4. The normalized spacial score (nSPS) is 11.2. The highest BCUT2D eigenvalue weighted by Crippen LogP contribution is 2.23. The second-order valence-electron chi connectivity index (χ2n) is 5.34. The van der Waals surface area contributed by atoms with Crippen molar-refractivity contribution >= 4 is 17.7 Å². The van der Waals surface area contributed by atoms with Crippen molar-refractivity contribution in [2.45, 2.75) is 27.2 Å². The van der Waals surface area contributed by atoms with E-state index in [1.54, 1.807) is 6.08 Å². The van der Waals surface area contributed by atoms with E-state index in [1.165, 1.54) is 6.08 Å². The minimum absolute atomic E-state index is 0.658. The Labute approximate surface area is 115 Å². The lowest BCUT2D eigenvalue weighted by Gasteiger charge is -2.22. The molecular formula is C16H23NO2. The fraction of sp³-hybridized carbons (Fsp3) is 0.438. The van der Waals surface area contributed by atoms with E-state index in [2.05, 4.69) is 30.9 Å². The predicted molar refractivity (Wildman–Crippen MR) is 80.6 cm³/mol. The number of anilines is 1. The topological polar surface area (TPSA) is 40.5 Å². The number of nitrogens with zero attached hydrogens (tertiary/aromatic N) is 1. The van der Waals surface area contributed by atoms with Crippen LogP contribution in [0.1, 0.15) is 31.4 Å². The quantitative estimate of drug-likeness (QED) is 0.796. The second-order valence-corrected chi connectivity index (χ2v) is 5.34. The molecule has 1 aromatic carbocycles. The zero-order chi connectivity index (χ0) is 14.4. The number of benzene rings is 1. The Morgan fingerprint density at radius 3 is 2.68 bits per heavy atom. The highest BCUT2D eigenvalue weighted by Gasteiger charge is 2.07. The number of aliphatic carboxylic acids is 1. The second kappa shape index (κ2) is 6.98. The first-order chi connectivity index (χ1) is 8.90. The molecular weight excluding hydrogens is 238 g/mol. The van der Waals surface area contributed by atoms with Crippen LogP contribution in [-0.4, -0.2) is 24.7 Å². The molecule has 0 aliphatic rings. The van der Waals surface area contributed by atoms with Gasteiger partial charge >= 0.3 is 5.97 Å². The van der Waals surface area contributed by atoms with Crippen molar-refractivity contribution in [2.24, 2.45) is 5.92 Å². The first-order valence-electron chi connectivity index (χ1n) is 6.63. The molecule has 104 valence electrons. The van der Waals surface area contributed by atoms with Crippen molar-refractivity contribution in [2.75, 3.05) is 18.5 Å². The van der Waals surface area contributed by atoms with Crippen molar-refractivity contribution in [3.05, 3.63) is 35.4 Å². The van der Waals surface area contributed by atoms with Crippen LogP contribution in [0.25, 0.3) is 6.08 Å². The maximum absolute atomic E-state index is 10.7. The summed E-state index contributed by atoms with van der Waals surface area (Å²) in [5, 5.41) is 8.75.